The van der Waals surface area contributed by atoms with E-state index in [1.54, 1.807) is 0 Å². The van der Waals surface area contributed by atoms with E-state index in [0.29, 0.717) is 34.1 Å². The molecule has 30 heavy (non-hydrogen) atoms. The molecule has 0 aromatic heterocycles. The van der Waals surface area contributed by atoms with Gasteiger partial charge in [-0.15, -0.1) is 0 Å². The van der Waals surface area contributed by atoms with Crippen LogP contribution in [-0.2, 0) is 0 Å². The van der Waals surface area contributed by atoms with Gasteiger partial charge in [0.25, 0.3) is 0 Å². The zero-order chi connectivity index (χ0) is 20.5. The Morgan fingerprint density at radius 1 is 0.600 bits per heavy atom. The maximum absolute atomic E-state index is 13.3. The molecule has 2 aromatic carbocycles. The van der Waals surface area contributed by atoms with Crippen molar-refractivity contribution >= 4 is 22.9 Å². The topological polar surface area (TPSA) is 58.2 Å². The molecule has 156 valence electrons. The minimum absolute atomic E-state index is 0.0476. The Kier molecular flexibility index (Phi) is 5.32. The Labute approximate surface area is 178 Å². The van der Waals surface area contributed by atoms with Crippen molar-refractivity contribution in [2.45, 2.75) is 51.4 Å². The number of carbonyl (C=O) groups is 2. The van der Waals surface area contributed by atoms with Crippen LogP contribution in [-0.4, -0.2) is 24.7 Å². The molecule has 0 saturated heterocycles. The number of anilines is 2. The van der Waals surface area contributed by atoms with E-state index >= 15 is 0 Å². The summed E-state index contributed by atoms with van der Waals surface area (Å²) in [6.45, 7) is 1.87. The second-order valence-corrected chi connectivity index (χ2v) is 9.24. The quantitative estimate of drug-likeness (QED) is 0.558. The molecular formula is C26H30N2O2. The van der Waals surface area contributed by atoms with Crippen LogP contribution in [0.3, 0.4) is 0 Å². The van der Waals surface area contributed by atoms with Crippen LogP contribution < -0.4 is 10.6 Å². The zero-order valence-electron chi connectivity index (χ0n) is 17.5. The number of fused-ring (bicyclic) bond motifs is 2. The number of carbonyl (C=O) groups excluding carboxylic acids is 2. The summed E-state index contributed by atoms with van der Waals surface area (Å²) < 4.78 is 0. The Morgan fingerprint density at radius 2 is 1.00 bits per heavy atom. The highest BCUT2D eigenvalue weighted by molar-refractivity contribution is 6.28. The van der Waals surface area contributed by atoms with Crippen LogP contribution in [0.2, 0.25) is 0 Å². The van der Waals surface area contributed by atoms with Crippen LogP contribution in [0.4, 0.5) is 11.4 Å². The van der Waals surface area contributed by atoms with Crippen molar-refractivity contribution in [3.05, 3.63) is 58.7 Å². The minimum Gasteiger partial charge on any atom is -0.385 e. The highest BCUT2D eigenvalue weighted by atomic mass is 16.1. The molecule has 0 spiro atoms. The molecule has 0 radical (unpaired) electrons. The molecular weight excluding hydrogens is 372 g/mol. The monoisotopic (exact) mass is 402 g/mol. The molecule has 0 atom stereocenters. The van der Waals surface area contributed by atoms with Gasteiger partial charge in [0, 0.05) is 46.7 Å². The van der Waals surface area contributed by atoms with E-state index in [4.69, 9.17) is 0 Å². The molecule has 2 N–H and O–H groups in total. The van der Waals surface area contributed by atoms with Gasteiger partial charge in [0.2, 0.25) is 0 Å². The van der Waals surface area contributed by atoms with Crippen LogP contribution in [0.5, 0.6) is 0 Å². The summed E-state index contributed by atoms with van der Waals surface area (Å²) in [6.07, 6.45) is 10.4. The third-order valence-electron chi connectivity index (χ3n) is 7.16. The van der Waals surface area contributed by atoms with Crippen molar-refractivity contribution in [2.75, 3.05) is 23.7 Å². The Morgan fingerprint density at radius 3 is 1.43 bits per heavy atom. The molecule has 2 aromatic rings. The number of hydrogen-bond donors (Lipinski definition) is 2. The lowest BCUT2D eigenvalue weighted by Crippen LogP contribution is -2.22. The first-order valence-electron chi connectivity index (χ1n) is 11.5. The van der Waals surface area contributed by atoms with Crippen LogP contribution in [0.1, 0.15) is 83.2 Å². The highest BCUT2D eigenvalue weighted by Crippen LogP contribution is 2.32. The summed E-state index contributed by atoms with van der Waals surface area (Å²) in [5.74, 6) is 1.33. The predicted octanol–water partition coefficient (Wildman–Crippen LogP) is 5.67. The Bertz CT molecular complexity index is 893. The van der Waals surface area contributed by atoms with Gasteiger partial charge in [-0.05, 0) is 73.9 Å². The largest absolute Gasteiger partial charge is 0.385 e. The molecule has 0 aliphatic heterocycles. The molecule has 4 nitrogen and oxygen atoms in total. The number of rotatable bonds is 6. The number of ketones is 2. The molecule has 4 heteroatoms. The first-order chi connectivity index (χ1) is 14.7. The predicted molar refractivity (Wildman–Crippen MR) is 121 cm³/mol. The van der Waals surface area contributed by atoms with E-state index in [1.807, 2.05) is 36.4 Å². The molecule has 2 fully saturated rings. The summed E-state index contributed by atoms with van der Waals surface area (Å²) in [5.41, 5.74) is 3.95. The van der Waals surface area contributed by atoms with E-state index in [9.17, 15) is 9.59 Å². The van der Waals surface area contributed by atoms with Gasteiger partial charge in [0.1, 0.15) is 0 Å². The maximum Gasteiger partial charge on any atom is 0.194 e. The third-order valence-corrected chi connectivity index (χ3v) is 7.16. The summed E-state index contributed by atoms with van der Waals surface area (Å²) in [4.78, 5) is 26.3. The van der Waals surface area contributed by atoms with E-state index in [2.05, 4.69) is 10.6 Å². The average Bonchev–Trinajstić information content (AvgIpc) is 3.48. The van der Waals surface area contributed by atoms with Crippen molar-refractivity contribution in [3.8, 4) is 0 Å². The van der Waals surface area contributed by atoms with Crippen molar-refractivity contribution in [3.63, 3.8) is 0 Å². The summed E-state index contributed by atoms with van der Waals surface area (Å²) in [7, 11) is 0. The standard InChI is InChI=1S/C26H30N2O2/c29-25-21-11-9-19(27-15-17-5-1-2-6-17)13-23(21)26(30)24-14-20(10-12-22(24)25)28-16-18-7-3-4-8-18/h9-14,17-18,27-28H,1-8,15-16H2. The van der Waals surface area contributed by atoms with E-state index in [0.717, 1.165) is 24.5 Å². The van der Waals surface area contributed by atoms with Crippen LogP contribution in [0.15, 0.2) is 36.4 Å². The van der Waals surface area contributed by atoms with E-state index in [-0.39, 0.29) is 11.6 Å². The van der Waals surface area contributed by atoms with Crippen LogP contribution in [0, 0.1) is 11.8 Å². The van der Waals surface area contributed by atoms with Gasteiger partial charge in [0.05, 0.1) is 0 Å². The van der Waals surface area contributed by atoms with Gasteiger partial charge >= 0.3 is 0 Å². The molecule has 0 unspecified atom stereocenters. The van der Waals surface area contributed by atoms with Gasteiger partial charge < -0.3 is 10.6 Å². The molecule has 2 saturated carbocycles. The molecule has 0 amide bonds. The van der Waals surface area contributed by atoms with E-state index < -0.39 is 0 Å². The lowest BCUT2D eigenvalue weighted by atomic mass is 9.83. The minimum atomic E-state index is -0.0516. The van der Waals surface area contributed by atoms with Gasteiger partial charge in [-0.1, -0.05) is 25.7 Å². The third kappa shape index (κ3) is 3.76. The summed E-state index contributed by atoms with van der Waals surface area (Å²) in [6, 6.07) is 11.2. The molecule has 0 heterocycles. The number of hydrogen-bond acceptors (Lipinski definition) is 4. The lowest BCUT2D eigenvalue weighted by molar-refractivity contribution is 0.0979. The second kappa shape index (κ2) is 8.25. The van der Waals surface area contributed by atoms with Crippen molar-refractivity contribution in [1.82, 2.24) is 0 Å². The highest BCUT2D eigenvalue weighted by Gasteiger charge is 2.30. The first-order valence-corrected chi connectivity index (χ1v) is 11.5. The lowest BCUT2D eigenvalue weighted by Gasteiger charge is -2.20. The van der Waals surface area contributed by atoms with Gasteiger partial charge in [-0.3, -0.25) is 9.59 Å². The fraction of sp³-hybridized carbons (Fsp3) is 0.462. The molecule has 0 bridgehead atoms. The summed E-state index contributed by atoms with van der Waals surface area (Å²) >= 11 is 0. The molecule has 3 aliphatic carbocycles. The summed E-state index contributed by atoms with van der Waals surface area (Å²) in [5, 5.41) is 6.97. The number of benzene rings is 2. The fourth-order valence-electron chi connectivity index (χ4n) is 5.32. The van der Waals surface area contributed by atoms with Gasteiger partial charge in [-0.25, -0.2) is 0 Å². The number of nitrogens with one attached hydrogen (secondary N) is 2. The fourth-order valence-corrected chi connectivity index (χ4v) is 5.32. The average molecular weight is 403 g/mol. The molecule has 5 rings (SSSR count). The van der Waals surface area contributed by atoms with Crippen LogP contribution >= 0.6 is 0 Å². The van der Waals surface area contributed by atoms with Crippen molar-refractivity contribution in [1.29, 1.82) is 0 Å². The van der Waals surface area contributed by atoms with Gasteiger partial charge in [0.15, 0.2) is 11.6 Å². The SMILES string of the molecule is O=C1c2ccc(NCC3CCCC3)cc2C(=O)c2cc(NCC3CCCC3)ccc21. The van der Waals surface area contributed by atoms with E-state index in [1.165, 1.54) is 51.4 Å². The van der Waals surface area contributed by atoms with Crippen molar-refractivity contribution in [2.24, 2.45) is 11.8 Å². The Hall–Kier alpha value is -2.62. The maximum atomic E-state index is 13.3. The van der Waals surface area contributed by atoms with Crippen molar-refractivity contribution < 1.29 is 9.59 Å². The van der Waals surface area contributed by atoms with Gasteiger partial charge in [-0.2, -0.15) is 0 Å². The zero-order valence-corrected chi connectivity index (χ0v) is 17.5. The smallest absolute Gasteiger partial charge is 0.194 e. The first kappa shape index (κ1) is 19.3. The van der Waals surface area contributed by atoms with Crippen LogP contribution in [0.25, 0.3) is 0 Å². The second-order valence-electron chi connectivity index (χ2n) is 9.24. The molecule has 3 aliphatic rings. The Balaban J connectivity index is 1.35. The normalized spacial score (nSPS) is 19.1.